The van der Waals surface area contributed by atoms with Crippen LogP contribution in [0.5, 0.6) is 0 Å². The molecule has 2 fully saturated rings. The van der Waals surface area contributed by atoms with Crippen molar-refractivity contribution >= 4 is 0 Å². The maximum absolute atomic E-state index is 10.4. The average Bonchev–Trinajstić information content (AvgIpc) is 2.44. The van der Waals surface area contributed by atoms with E-state index in [9.17, 15) is 5.11 Å². The first-order valence-corrected chi connectivity index (χ1v) is 6.27. The lowest BCUT2D eigenvalue weighted by Crippen LogP contribution is -2.47. The van der Waals surface area contributed by atoms with Crippen molar-refractivity contribution in [3.63, 3.8) is 0 Å². The van der Waals surface area contributed by atoms with Gasteiger partial charge in [0.1, 0.15) is 5.60 Å². The first kappa shape index (κ1) is 11.4. The summed E-state index contributed by atoms with van der Waals surface area (Å²) < 4.78 is 5.46. The lowest BCUT2D eigenvalue weighted by Gasteiger charge is -2.32. The van der Waals surface area contributed by atoms with E-state index in [2.05, 4.69) is 4.90 Å². The van der Waals surface area contributed by atoms with E-state index in [1.165, 1.54) is 25.7 Å². The largest absolute Gasteiger partial charge is 0.386 e. The molecule has 0 aliphatic carbocycles. The van der Waals surface area contributed by atoms with Crippen LogP contribution in [0.25, 0.3) is 0 Å². The number of aliphatic hydroxyl groups is 1. The summed E-state index contributed by atoms with van der Waals surface area (Å²) in [6.07, 6.45) is 6.06. The maximum Gasteiger partial charge on any atom is 0.105 e. The second-order valence-electron chi connectivity index (χ2n) is 5.06. The summed E-state index contributed by atoms with van der Waals surface area (Å²) in [6.45, 7) is 5.80. The van der Waals surface area contributed by atoms with E-state index < -0.39 is 5.60 Å². The number of nitrogens with zero attached hydrogens (tertiary/aromatic N) is 1. The normalized spacial score (nSPS) is 39.2. The van der Waals surface area contributed by atoms with Gasteiger partial charge in [-0.05, 0) is 32.9 Å². The lowest BCUT2D eigenvalue weighted by atomic mass is 9.96. The molecule has 0 aromatic rings. The quantitative estimate of drug-likeness (QED) is 0.752. The second kappa shape index (κ2) is 4.81. The van der Waals surface area contributed by atoms with Gasteiger partial charge in [-0.15, -0.1) is 0 Å². The minimum Gasteiger partial charge on any atom is -0.386 e. The Bertz CT molecular complexity index is 202. The molecule has 2 aliphatic heterocycles. The molecule has 0 saturated carbocycles. The molecule has 2 unspecified atom stereocenters. The van der Waals surface area contributed by atoms with Gasteiger partial charge in [-0.25, -0.2) is 0 Å². The summed E-state index contributed by atoms with van der Waals surface area (Å²) in [4.78, 5) is 2.41. The highest BCUT2D eigenvalue weighted by Crippen LogP contribution is 2.27. The molecule has 0 aromatic heterocycles. The number of hydrogen-bond acceptors (Lipinski definition) is 3. The Morgan fingerprint density at radius 1 is 1.27 bits per heavy atom. The maximum atomic E-state index is 10.4. The third kappa shape index (κ3) is 2.71. The fraction of sp³-hybridized carbons (Fsp3) is 1.00. The van der Waals surface area contributed by atoms with Crippen LogP contribution in [0.3, 0.4) is 0 Å². The zero-order chi connectivity index (χ0) is 10.7. The molecule has 1 N–H and O–H groups in total. The van der Waals surface area contributed by atoms with Crippen LogP contribution in [0.4, 0.5) is 0 Å². The zero-order valence-electron chi connectivity index (χ0n) is 9.74. The summed E-state index contributed by atoms with van der Waals surface area (Å²) in [5.41, 5.74) is -0.593. The monoisotopic (exact) mass is 213 g/mol. The smallest absolute Gasteiger partial charge is 0.105 e. The van der Waals surface area contributed by atoms with Crippen LogP contribution in [-0.4, -0.2) is 48.0 Å². The van der Waals surface area contributed by atoms with E-state index >= 15 is 0 Å². The molecule has 2 saturated heterocycles. The Morgan fingerprint density at radius 2 is 1.93 bits per heavy atom. The first-order valence-electron chi connectivity index (χ1n) is 6.27. The molecule has 88 valence electrons. The summed E-state index contributed by atoms with van der Waals surface area (Å²) in [5, 5.41) is 10.4. The van der Waals surface area contributed by atoms with Gasteiger partial charge in [0, 0.05) is 19.6 Å². The van der Waals surface area contributed by atoms with E-state index in [1.807, 2.05) is 6.92 Å². The Hall–Kier alpha value is -0.120. The molecule has 0 spiro atoms. The summed E-state index contributed by atoms with van der Waals surface area (Å²) in [5.74, 6) is 0. The molecule has 0 radical (unpaired) electrons. The number of ether oxygens (including phenoxy) is 1. The molecule has 2 atom stereocenters. The Labute approximate surface area is 92.4 Å². The highest BCUT2D eigenvalue weighted by atomic mass is 16.5. The predicted molar refractivity (Wildman–Crippen MR) is 59.9 cm³/mol. The topological polar surface area (TPSA) is 32.7 Å². The van der Waals surface area contributed by atoms with Gasteiger partial charge in [0.15, 0.2) is 0 Å². The van der Waals surface area contributed by atoms with Crippen LogP contribution in [-0.2, 0) is 4.74 Å². The molecule has 3 heteroatoms. The highest BCUT2D eigenvalue weighted by Gasteiger charge is 2.40. The molecule has 0 amide bonds. The molecule has 15 heavy (non-hydrogen) atoms. The van der Waals surface area contributed by atoms with Gasteiger partial charge in [0.25, 0.3) is 0 Å². The molecule has 2 heterocycles. The molecule has 3 nitrogen and oxygen atoms in total. The van der Waals surface area contributed by atoms with Crippen molar-refractivity contribution in [3.8, 4) is 0 Å². The van der Waals surface area contributed by atoms with Gasteiger partial charge in [0.05, 0.1) is 6.10 Å². The van der Waals surface area contributed by atoms with Crippen molar-refractivity contribution in [1.29, 1.82) is 0 Å². The van der Waals surface area contributed by atoms with E-state index in [0.29, 0.717) is 6.61 Å². The Balaban J connectivity index is 1.88. The van der Waals surface area contributed by atoms with Crippen molar-refractivity contribution in [2.45, 2.75) is 50.7 Å². The fourth-order valence-electron chi connectivity index (χ4n) is 2.66. The molecule has 2 rings (SSSR count). The van der Waals surface area contributed by atoms with Crippen LogP contribution in [0, 0.1) is 0 Å². The van der Waals surface area contributed by atoms with Gasteiger partial charge >= 0.3 is 0 Å². The third-order valence-corrected chi connectivity index (χ3v) is 3.86. The second-order valence-corrected chi connectivity index (χ2v) is 5.06. The van der Waals surface area contributed by atoms with Crippen LogP contribution in [0.15, 0.2) is 0 Å². The molecule has 0 bridgehead atoms. The van der Waals surface area contributed by atoms with E-state index in [4.69, 9.17) is 4.74 Å². The van der Waals surface area contributed by atoms with E-state index in [0.717, 1.165) is 26.1 Å². The third-order valence-electron chi connectivity index (χ3n) is 3.86. The van der Waals surface area contributed by atoms with Crippen molar-refractivity contribution in [2.24, 2.45) is 0 Å². The standard InChI is InChI=1S/C12H23NO2/c1-11-12(14,6-9-15-11)10-13-7-4-2-3-5-8-13/h11,14H,2-10H2,1H3. The summed E-state index contributed by atoms with van der Waals surface area (Å²) >= 11 is 0. The average molecular weight is 213 g/mol. The van der Waals surface area contributed by atoms with Crippen LogP contribution in [0.1, 0.15) is 39.0 Å². The van der Waals surface area contributed by atoms with Gasteiger partial charge < -0.3 is 14.7 Å². The van der Waals surface area contributed by atoms with Crippen molar-refractivity contribution < 1.29 is 9.84 Å². The first-order chi connectivity index (χ1) is 7.21. The lowest BCUT2D eigenvalue weighted by molar-refractivity contribution is -0.0484. The Kier molecular flexibility index (Phi) is 3.65. The summed E-state index contributed by atoms with van der Waals surface area (Å²) in [7, 11) is 0. The minimum absolute atomic E-state index is 0.000697. The van der Waals surface area contributed by atoms with Gasteiger partial charge in [-0.3, -0.25) is 0 Å². The zero-order valence-corrected chi connectivity index (χ0v) is 9.74. The van der Waals surface area contributed by atoms with E-state index in [1.54, 1.807) is 0 Å². The number of β-amino-alcohol motifs (C(OH)–C–C–N with tert-alkyl or cyclic N) is 1. The van der Waals surface area contributed by atoms with Crippen LogP contribution < -0.4 is 0 Å². The number of likely N-dealkylation sites (tertiary alicyclic amines) is 1. The van der Waals surface area contributed by atoms with Gasteiger partial charge in [0.2, 0.25) is 0 Å². The van der Waals surface area contributed by atoms with E-state index in [-0.39, 0.29) is 6.10 Å². The molecular weight excluding hydrogens is 190 g/mol. The number of hydrogen-bond donors (Lipinski definition) is 1. The fourth-order valence-corrected chi connectivity index (χ4v) is 2.66. The summed E-state index contributed by atoms with van der Waals surface area (Å²) in [6, 6.07) is 0. The van der Waals surface area contributed by atoms with Crippen LogP contribution in [0.2, 0.25) is 0 Å². The van der Waals surface area contributed by atoms with Crippen molar-refractivity contribution in [1.82, 2.24) is 4.90 Å². The molecular formula is C12H23NO2. The number of rotatable bonds is 2. The SMILES string of the molecule is CC1OCCC1(O)CN1CCCCCC1. The predicted octanol–water partition coefficient (Wildman–Crippen LogP) is 1.40. The molecule has 0 aromatic carbocycles. The van der Waals surface area contributed by atoms with Crippen molar-refractivity contribution in [3.05, 3.63) is 0 Å². The molecule has 2 aliphatic rings. The van der Waals surface area contributed by atoms with Crippen LogP contribution >= 0.6 is 0 Å². The van der Waals surface area contributed by atoms with Crippen molar-refractivity contribution in [2.75, 3.05) is 26.2 Å². The Morgan fingerprint density at radius 3 is 2.47 bits per heavy atom. The highest BCUT2D eigenvalue weighted by molar-refractivity contribution is 4.92. The minimum atomic E-state index is -0.593. The van der Waals surface area contributed by atoms with Gasteiger partial charge in [-0.2, -0.15) is 0 Å². The van der Waals surface area contributed by atoms with Gasteiger partial charge in [-0.1, -0.05) is 12.8 Å².